The van der Waals surface area contributed by atoms with Crippen molar-refractivity contribution in [2.75, 3.05) is 32.5 Å². The van der Waals surface area contributed by atoms with Crippen molar-refractivity contribution in [1.29, 1.82) is 0 Å². The Labute approximate surface area is 169 Å². The fourth-order valence-corrected chi connectivity index (χ4v) is 4.05. The first-order valence-electron chi connectivity index (χ1n) is 8.71. The number of para-hydroxylation sites is 1. The van der Waals surface area contributed by atoms with Gasteiger partial charge in [-0.2, -0.15) is 0 Å². The molecule has 0 saturated carbocycles. The topological polar surface area (TPSA) is 41.6 Å². The number of halogens is 2. The highest BCUT2D eigenvalue weighted by molar-refractivity contribution is 7.99. The van der Waals surface area contributed by atoms with Crippen molar-refractivity contribution >= 4 is 30.1 Å². The van der Waals surface area contributed by atoms with Gasteiger partial charge in [-0.15, -0.1) is 24.2 Å². The van der Waals surface area contributed by atoms with Gasteiger partial charge in [0.2, 0.25) is 5.91 Å². The molecule has 1 unspecified atom stereocenters. The number of ether oxygens (including phenoxy) is 1. The molecule has 3 rings (SSSR count). The third-order valence-electron chi connectivity index (χ3n) is 4.47. The SMILES string of the molecule is COc1ccccc1C1CNCCN1C(=O)CCSc1ccccc1F.Cl. The number of nitrogens with one attached hydrogen (secondary N) is 1. The van der Waals surface area contributed by atoms with Crippen LogP contribution in [-0.4, -0.2) is 43.3 Å². The van der Waals surface area contributed by atoms with Gasteiger partial charge in [0.1, 0.15) is 11.6 Å². The summed E-state index contributed by atoms with van der Waals surface area (Å²) in [5, 5.41) is 3.35. The second-order valence-electron chi connectivity index (χ2n) is 6.08. The maximum Gasteiger partial charge on any atom is 0.224 e. The van der Waals surface area contributed by atoms with Gasteiger partial charge in [-0.1, -0.05) is 30.3 Å². The summed E-state index contributed by atoms with van der Waals surface area (Å²) in [7, 11) is 1.65. The first-order chi connectivity index (χ1) is 12.7. The van der Waals surface area contributed by atoms with Crippen LogP contribution in [0.1, 0.15) is 18.0 Å². The van der Waals surface area contributed by atoms with Crippen molar-refractivity contribution in [1.82, 2.24) is 10.2 Å². The molecule has 27 heavy (non-hydrogen) atoms. The molecule has 7 heteroatoms. The van der Waals surface area contributed by atoms with E-state index < -0.39 is 0 Å². The first-order valence-corrected chi connectivity index (χ1v) is 9.69. The van der Waals surface area contributed by atoms with E-state index in [1.165, 1.54) is 17.8 Å². The van der Waals surface area contributed by atoms with Crippen LogP contribution >= 0.6 is 24.2 Å². The smallest absolute Gasteiger partial charge is 0.224 e. The number of hydrogen-bond acceptors (Lipinski definition) is 4. The maximum atomic E-state index is 13.7. The number of hydrogen-bond donors (Lipinski definition) is 1. The second-order valence-corrected chi connectivity index (χ2v) is 7.21. The number of benzene rings is 2. The molecule has 2 aromatic rings. The minimum Gasteiger partial charge on any atom is -0.496 e. The Balaban J connectivity index is 0.00000261. The summed E-state index contributed by atoms with van der Waals surface area (Å²) in [6.45, 7) is 2.14. The van der Waals surface area contributed by atoms with Crippen molar-refractivity contribution in [2.45, 2.75) is 17.4 Å². The van der Waals surface area contributed by atoms with Crippen molar-refractivity contribution in [3.63, 3.8) is 0 Å². The molecule has 0 aliphatic carbocycles. The quantitative estimate of drug-likeness (QED) is 0.733. The molecule has 4 nitrogen and oxygen atoms in total. The number of nitrogens with zero attached hydrogens (tertiary/aromatic N) is 1. The third kappa shape index (κ3) is 5.37. The van der Waals surface area contributed by atoms with Gasteiger partial charge in [-0.05, 0) is 18.2 Å². The normalized spacial score (nSPS) is 16.5. The highest BCUT2D eigenvalue weighted by Gasteiger charge is 2.29. The minimum absolute atomic E-state index is 0. The average Bonchev–Trinajstić information content (AvgIpc) is 2.69. The summed E-state index contributed by atoms with van der Waals surface area (Å²) in [6, 6.07) is 14.4. The van der Waals surface area contributed by atoms with Crippen molar-refractivity contribution < 1.29 is 13.9 Å². The lowest BCUT2D eigenvalue weighted by molar-refractivity contribution is -0.134. The summed E-state index contributed by atoms with van der Waals surface area (Å²) in [5.74, 6) is 1.20. The van der Waals surface area contributed by atoms with Gasteiger partial charge < -0.3 is 15.0 Å². The monoisotopic (exact) mass is 410 g/mol. The zero-order valence-electron chi connectivity index (χ0n) is 15.2. The second kappa shape index (κ2) is 10.5. The van der Waals surface area contributed by atoms with E-state index in [9.17, 15) is 9.18 Å². The molecule has 1 amide bonds. The van der Waals surface area contributed by atoms with Crippen LogP contribution in [0.15, 0.2) is 53.4 Å². The molecular weight excluding hydrogens is 387 g/mol. The van der Waals surface area contributed by atoms with Gasteiger partial charge in [0.25, 0.3) is 0 Å². The maximum absolute atomic E-state index is 13.7. The first kappa shape index (κ1) is 21.5. The molecule has 1 atom stereocenters. The molecule has 0 bridgehead atoms. The summed E-state index contributed by atoms with van der Waals surface area (Å²) in [6.07, 6.45) is 0.380. The van der Waals surface area contributed by atoms with Crippen LogP contribution in [0, 0.1) is 5.82 Å². The average molecular weight is 411 g/mol. The van der Waals surface area contributed by atoms with Gasteiger partial charge in [-0.25, -0.2) is 4.39 Å². The number of carbonyl (C=O) groups excluding carboxylic acids is 1. The van der Waals surface area contributed by atoms with Crippen LogP contribution in [0.5, 0.6) is 5.75 Å². The number of piperazine rings is 1. The number of methoxy groups -OCH3 is 1. The highest BCUT2D eigenvalue weighted by atomic mass is 35.5. The van der Waals surface area contributed by atoms with Gasteiger partial charge in [0.05, 0.1) is 13.2 Å². The Kier molecular flexibility index (Phi) is 8.41. The Morgan fingerprint density at radius 2 is 2.00 bits per heavy atom. The lowest BCUT2D eigenvalue weighted by Gasteiger charge is -2.37. The summed E-state index contributed by atoms with van der Waals surface area (Å²) in [5.41, 5.74) is 1.01. The molecule has 1 saturated heterocycles. The molecule has 1 fully saturated rings. The molecule has 2 aromatic carbocycles. The summed E-state index contributed by atoms with van der Waals surface area (Å²) >= 11 is 1.38. The minimum atomic E-state index is -0.237. The molecule has 1 aliphatic rings. The van der Waals surface area contributed by atoms with Crippen molar-refractivity contribution in [2.24, 2.45) is 0 Å². The van der Waals surface area contributed by atoms with E-state index in [1.807, 2.05) is 29.2 Å². The van der Waals surface area contributed by atoms with Gasteiger partial charge in [0, 0.05) is 42.3 Å². The molecule has 0 spiro atoms. The number of rotatable bonds is 6. The van der Waals surface area contributed by atoms with Crippen LogP contribution in [0.4, 0.5) is 4.39 Å². The standard InChI is InChI=1S/C20H23FN2O2S.ClH/c1-25-18-8-4-2-6-15(18)17-14-22-11-12-23(17)20(24)10-13-26-19-9-5-3-7-16(19)21;/h2-9,17,22H,10-14H2,1H3;1H. The highest BCUT2D eigenvalue weighted by Crippen LogP contribution is 2.31. The van der Waals surface area contributed by atoms with Gasteiger partial charge >= 0.3 is 0 Å². The Morgan fingerprint density at radius 1 is 1.26 bits per heavy atom. The van der Waals surface area contributed by atoms with E-state index >= 15 is 0 Å². The Bertz CT molecular complexity index is 762. The molecule has 1 heterocycles. The molecular formula is C20H24ClFN2O2S. The van der Waals surface area contributed by atoms with Crippen molar-refractivity contribution in [3.05, 3.63) is 59.9 Å². The van der Waals surface area contributed by atoms with Crippen LogP contribution in [0.3, 0.4) is 0 Å². The van der Waals surface area contributed by atoms with Crippen molar-refractivity contribution in [3.8, 4) is 5.75 Å². The number of carbonyl (C=O) groups is 1. The van der Waals surface area contributed by atoms with Crippen LogP contribution in [-0.2, 0) is 4.79 Å². The van der Waals surface area contributed by atoms with E-state index in [0.717, 1.165) is 17.9 Å². The largest absolute Gasteiger partial charge is 0.496 e. The van der Waals surface area contributed by atoms with E-state index in [2.05, 4.69) is 5.32 Å². The van der Waals surface area contributed by atoms with E-state index in [1.54, 1.807) is 25.3 Å². The summed E-state index contributed by atoms with van der Waals surface area (Å²) in [4.78, 5) is 15.3. The van der Waals surface area contributed by atoms with E-state index in [4.69, 9.17) is 4.74 Å². The number of amides is 1. The molecule has 1 N–H and O–H groups in total. The third-order valence-corrected chi connectivity index (χ3v) is 5.52. The molecule has 0 radical (unpaired) electrons. The van der Waals surface area contributed by atoms with Crippen LogP contribution < -0.4 is 10.1 Å². The fraction of sp³-hybridized carbons (Fsp3) is 0.350. The van der Waals surface area contributed by atoms with E-state index in [0.29, 0.717) is 30.2 Å². The zero-order chi connectivity index (χ0) is 18.4. The van der Waals surface area contributed by atoms with Crippen LogP contribution in [0.2, 0.25) is 0 Å². The van der Waals surface area contributed by atoms with Gasteiger partial charge in [0.15, 0.2) is 0 Å². The predicted molar refractivity (Wildman–Crippen MR) is 109 cm³/mol. The lowest BCUT2D eigenvalue weighted by atomic mass is 10.0. The van der Waals surface area contributed by atoms with Gasteiger partial charge in [-0.3, -0.25) is 4.79 Å². The predicted octanol–water partition coefficient (Wildman–Crippen LogP) is 3.91. The summed E-state index contributed by atoms with van der Waals surface area (Å²) < 4.78 is 19.2. The number of thioether (sulfide) groups is 1. The lowest BCUT2D eigenvalue weighted by Crippen LogP contribution is -2.48. The Hall–Kier alpha value is -1.76. The van der Waals surface area contributed by atoms with E-state index in [-0.39, 0.29) is 30.2 Å². The zero-order valence-corrected chi connectivity index (χ0v) is 16.8. The molecule has 1 aliphatic heterocycles. The molecule has 0 aromatic heterocycles. The van der Waals surface area contributed by atoms with Crippen LogP contribution in [0.25, 0.3) is 0 Å². The fourth-order valence-electron chi connectivity index (χ4n) is 3.18. The Morgan fingerprint density at radius 3 is 2.78 bits per heavy atom. The molecule has 146 valence electrons.